The first kappa shape index (κ1) is 15.2. The number of benzene rings is 2. The predicted molar refractivity (Wildman–Crippen MR) is 79.6 cm³/mol. The number of hydrogen-bond donors (Lipinski definition) is 2. The quantitative estimate of drug-likeness (QED) is 0.908. The largest absolute Gasteiger partial charge is 0.387 e. The van der Waals surface area contributed by atoms with E-state index in [0.29, 0.717) is 0 Å². The van der Waals surface area contributed by atoms with E-state index in [9.17, 15) is 14.3 Å². The van der Waals surface area contributed by atoms with Gasteiger partial charge in [-0.05, 0) is 37.1 Å². The van der Waals surface area contributed by atoms with Gasteiger partial charge in [0.1, 0.15) is 5.82 Å². The minimum atomic E-state index is -0.817. The van der Waals surface area contributed by atoms with Crippen LogP contribution >= 0.6 is 0 Å². The molecule has 3 nitrogen and oxygen atoms in total. The van der Waals surface area contributed by atoms with Gasteiger partial charge in [0, 0.05) is 6.54 Å². The van der Waals surface area contributed by atoms with Crippen LogP contribution in [0.25, 0.3) is 0 Å². The number of amides is 1. The van der Waals surface area contributed by atoms with Gasteiger partial charge in [-0.3, -0.25) is 4.79 Å². The third-order valence-electron chi connectivity index (χ3n) is 3.37. The molecule has 0 heterocycles. The molecule has 0 radical (unpaired) electrons. The maximum Gasteiger partial charge on any atom is 0.254 e. The van der Waals surface area contributed by atoms with Crippen LogP contribution in [0.5, 0.6) is 0 Å². The Morgan fingerprint density at radius 2 is 1.95 bits per heavy atom. The molecule has 0 saturated heterocycles. The van der Waals surface area contributed by atoms with Crippen LogP contribution < -0.4 is 5.32 Å². The Morgan fingerprint density at radius 3 is 2.67 bits per heavy atom. The van der Waals surface area contributed by atoms with E-state index in [4.69, 9.17) is 0 Å². The Kier molecular flexibility index (Phi) is 4.70. The lowest BCUT2D eigenvalue weighted by atomic mass is 10.0. The summed E-state index contributed by atoms with van der Waals surface area (Å²) in [6.45, 7) is 3.72. The minimum absolute atomic E-state index is 0.00742. The second-order valence-corrected chi connectivity index (χ2v) is 5.07. The molecule has 0 spiro atoms. The fourth-order valence-electron chi connectivity index (χ4n) is 2.17. The molecule has 21 heavy (non-hydrogen) atoms. The SMILES string of the molecule is Cc1ccc(F)c(C(=O)NCC(O)c2ccccc2C)c1. The van der Waals surface area contributed by atoms with E-state index in [1.807, 2.05) is 25.1 Å². The number of carbonyl (C=O) groups is 1. The molecule has 0 aliphatic carbocycles. The molecule has 1 amide bonds. The van der Waals surface area contributed by atoms with Crippen LogP contribution in [-0.4, -0.2) is 17.6 Å². The third kappa shape index (κ3) is 3.67. The van der Waals surface area contributed by atoms with E-state index in [2.05, 4.69) is 5.32 Å². The summed E-state index contributed by atoms with van der Waals surface area (Å²) in [5, 5.41) is 12.7. The van der Waals surface area contributed by atoms with Gasteiger partial charge in [-0.15, -0.1) is 0 Å². The van der Waals surface area contributed by atoms with Crippen LogP contribution in [0.1, 0.15) is 33.2 Å². The van der Waals surface area contributed by atoms with Gasteiger partial charge in [0.2, 0.25) is 0 Å². The van der Waals surface area contributed by atoms with Crippen molar-refractivity contribution in [2.45, 2.75) is 20.0 Å². The van der Waals surface area contributed by atoms with Crippen molar-refractivity contribution < 1.29 is 14.3 Å². The number of nitrogens with one attached hydrogen (secondary N) is 1. The zero-order chi connectivity index (χ0) is 15.4. The molecule has 2 rings (SSSR count). The molecule has 2 aromatic rings. The molecule has 110 valence electrons. The Hall–Kier alpha value is -2.20. The molecule has 0 bridgehead atoms. The molecule has 0 saturated carbocycles. The summed E-state index contributed by atoms with van der Waals surface area (Å²) in [5.74, 6) is -1.09. The number of rotatable bonds is 4. The molecule has 0 aliphatic heterocycles. The number of aliphatic hydroxyl groups is 1. The summed E-state index contributed by atoms with van der Waals surface area (Å²) < 4.78 is 13.6. The van der Waals surface area contributed by atoms with Crippen LogP contribution in [0.4, 0.5) is 4.39 Å². The summed E-state index contributed by atoms with van der Waals surface area (Å²) in [7, 11) is 0. The first-order valence-electron chi connectivity index (χ1n) is 6.77. The highest BCUT2D eigenvalue weighted by molar-refractivity contribution is 5.94. The maximum absolute atomic E-state index is 13.6. The average molecular weight is 287 g/mol. The molecule has 0 aliphatic rings. The van der Waals surface area contributed by atoms with Crippen LogP contribution in [0.2, 0.25) is 0 Å². The number of halogens is 1. The number of aliphatic hydroxyl groups excluding tert-OH is 1. The first-order chi connectivity index (χ1) is 9.99. The summed E-state index contributed by atoms with van der Waals surface area (Å²) in [6.07, 6.45) is -0.817. The summed E-state index contributed by atoms with van der Waals surface area (Å²) >= 11 is 0. The van der Waals surface area contributed by atoms with Crippen molar-refractivity contribution in [2.24, 2.45) is 0 Å². The molecule has 1 unspecified atom stereocenters. The normalized spacial score (nSPS) is 12.0. The second kappa shape index (κ2) is 6.50. The lowest BCUT2D eigenvalue weighted by molar-refractivity contribution is 0.0912. The van der Waals surface area contributed by atoms with Gasteiger partial charge in [-0.25, -0.2) is 4.39 Å². The molecule has 0 fully saturated rings. The Balaban J connectivity index is 2.04. The van der Waals surface area contributed by atoms with Crippen LogP contribution in [-0.2, 0) is 0 Å². The molecule has 2 N–H and O–H groups in total. The molecule has 0 aromatic heterocycles. The average Bonchev–Trinajstić information content (AvgIpc) is 2.47. The molecular formula is C17H18FNO2. The lowest BCUT2D eigenvalue weighted by Gasteiger charge is -2.14. The highest BCUT2D eigenvalue weighted by Crippen LogP contribution is 2.16. The fourth-order valence-corrected chi connectivity index (χ4v) is 2.17. The summed E-state index contributed by atoms with van der Waals surface area (Å²) in [5.41, 5.74) is 2.50. The van der Waals surface area contributed by atoms with Gasteiger partial charge in [-0.1, -0.05) is 35.9 Å². The van der Waals surface area contributed by atoms with Crippen LogP contribution in [0.15, 0.2) is 42.5 Å². The maximum atomic E-state index is 13.6. The highest BCUT2D eigenvalue weighted by Gasteiger charge is 2.15. The predicted octanol–water partition coefficient (Wildman–Crippen LogP) is 2.91. The summed E-state index contributed by atoms with van der Waals surface area (Å²) in [6, 6.07) is 11.8. The number of carbonyl (C=O) groups excluding carboxylic acids is 1. The smallest absolute Gasteiger partial charge is 0.254 e. The van der Waals surface area contributed by atoms with Gasteiger partial charge >= 0.3 is 0 Å². The van der Waals surface area contributed by atoms with Crippen molar-refractivity contribution in [1.82, 2.24) is 5.32 Å². The second-order valence-electron chi connectivity index (χ2n) is 5.07. The third-order valence-corrected chi connectivity index (χ3v) is 3.37. The van der Waals surface area contributed by atoms with Gasteiger partial charge in [0.25, 0.3) is 5.91 Å². The van der Waals surface area contributed by atoms with E-state index in [1.165, 1.54) is 12.1 Å². The zero-order valence-electron chi connectivity index (χ0n) is 12.1. The van der Waals surface area contributed by atoms with Crippen molar-refractivity contribution >= 4 is 5.91 Å². The molecule has 4 heteroatoms. The van der Waals surface area contributed by atoms with Crippen molar-refractivity contribution in [1.29, 1.82) is 0 Å². The fraction of sp³-hybridized carbons (Fsp3) is 0.235. The topological polar surface area (TPSA) is 49.3 Å². The standard InChI is InChI=1S/C17H18FNO2/c1-11-7-8-15(18)14(9-11)17(21)19-10-16(20)13-6-4-3-5-12(13)2/h3-9,16,20H,10H2,1-2H3,(H,19,21). The Bertz CT molecular complexity index is 655. The highest BCUT2D eigenvalue weighted by atomic mass is 19.1. The number of hydrogen-bond acceptors (Lipinski definition) is 2. The van der Waals surface area contributed by atoms with E-state index in [-0.39, 0.29) is 12.1 Å². The van der Waals surface area contributed by atoms with E-state index in [1.54, 1.807) is 19.1 Å². The van der Waals surface area contributed by atoms with E-state index >= 15 is 0 Å². The molecule has 1 atom stereocenters. The zero-order valence-corrected chi connectivity index (χ0v) is 12.1. The van der Waals surface area contributed by atoms with E-state index in [0.717, 1.165) is 16.7 Å². The van der Waals surface area contributed by atoms with E-state index < -0.39 is 17.8 Å². The molecule has 2 aromatic carbocycles. The molecular weight excluding hydrogens is 269 g/mol. The van der Waals surface area contributed by atoms with Crippen molar-refractivity contribution in [3.63, 3.8) is 0 Å². The van der Waals surface area contributed by atoms with Crippen molar-refractivity contribution in [3.8, 4) is 0 Å². The van der Waals surface area contributed by atoms with Crippen LogP contribution in [0, 0.1) is 19.7 Å². The Morgan fingerprint density at radius 1 is 1.24 bits per heavy atom. The monoisotopic (exact) mass is 287 g/mol. The Labute approximate surface area is 123 Å². The van der Waals surface area contributed by atoms with Gasteiger partial charge in [0.05, 0.1) is 11.7 Å². The summed E-state index contributed by atoms with van der Waals surface area (Å²) in [4.78, 5) is 12.0. The number of aryl methyl sites for hydroxylation is 2. The van der Waals surface area contributed by atoms with Crippen LogP contribution in [0.3, 0.4) is 0 Å². The minimum Gasteiger partial charge on any atom is -0.387 e. The van der Waals surface area contributed by atoms with Gasteiger partial charge < -0.3 is 10.4 Å². The first-order valence-corrected chi connectivity index (χ1v) is 6.77. The van der Waals surface area contributed by atoms with Crippen molar-refractivity contribution in [3.05, 3.63) is 70.5 Å². The lowest BCUT2D eigenvalue weighted by Crippen LogP contribution is -2.29. The van der Waals surface area contributed by atoms with Crippen molar-refractivity contribution in [2.75, 3.05) is 6.54 Å². The van der Waals surface area contributed by atoms with Gasteiger partial charge in [0.15, 0.2) is 0 Å². The van der Waals surface area contributed by atoms with Gasteiger partial charge in [-0.2, -0.15) is 0 Å².